The summed E-state index contributed by atoms with van der Waals surface area (Å²) in [4.78, 5) is 50.0. The monoisotopic (exact) mass is 380 g/mol. The van der Waals surface area contributed by atoms with Gasteiger partial charge in [-0.1, -0.05) is 13.8 Å². The lowest BCUT2D eigenvalue weighted by Gasteiger charge is -2.30. The number of rotatable bonds is 8. The van der Waals surface area contributed by atoms with E-state index < -0.39 is 11.9 Å². The van der Waals surface area contributed by atoms with Crippen molar-refractivity contribution in [1.29, 1.82) is 0 Å². The lowest BCUT2D eigenvalue weighted by molar-refractivity contribution is -0.138. The van der Waals surface area contributed by atoms with E-state index in [2.05, 4.69) is 10.6 Å². The predicted molar refractivity (Wildman–Crippen MR) is 100 cm³/mol. The molecule has 2 aliphatic rings. The van der Waals surface area contributed by atoms with Crippen molar-refractivity contribution >= 4 is 23.6 Å². The van der Waals surface area contributed by atoms with Crippen LogP contribution in [0.4, 0.5) is 0 Å². The van der Waals surface area contributed by atoms with Crippen molar-refractivity contribution in [2.75, 3.05) is 13.1 Å². The molecule has 0 saturated carbocycles. The van der Waals surface area contributed by atoms with Gasteiger partial charge in [0.05, 0.1) is 5.92 Å². The van der Waals surface area contributed by atoms with E-state index in [9.17, 15) is 19.2 Å². The second-order valence-electron chi connectivity index (χ2n) is 8.08. The summed E-state index contributed by atoms with van der Waals surface area (Å²) >= 11 is 0. The predicted octanol–water partition coefficient (Wildman–Crippen LogP) is 0.300. The lowest BCUT2D eigenvalue weighted by atomic mass is 9.94. The van der Waals surface area contributed by atoms with Crippen LogP contribution in [0, 0.1) is 11.8 Å². The molecule has 3 unspecified atom stereocenters. The molecule has 2 aliphatic heterocycles. The Bertz CT molecular complexity index is 578. The molecule has 0 bridgehead atoms. The third-order valence-corrected chi connectivity index (χ3v) is 5.27. The van der Waals surface area contributed by atoms with Crippen LogP contribution in [0.25, 0.3) is 0 Å². The van der Waals surface area contributed by atoms with Gasteiger partial charge < -0.3 is 21.3 Å². The summed E-state index contributed by atoms with van der Waals surface area (Å²) in [7, 11) is 0. The van der Waals surface area contributed by atoms with E-state index >= 15 is 0 Å². The van der Waals surface area contributed by atoms with Crippen molar-refractivity contribution in [3.05, 3.63) is 0 Å². The molecule has 152 valence electrons. The van der Waals surface area contributed by atoms with Gasteiger partial charge in [-0.3, -0.25) is 19.2 Å². The first-order chi connectivity index (χ1) is 12.8. The molecule has 0 aliphatic carbocycles. The number of hydrogen-bond donors (Lipinski definition) is 3. The van der Waals surface area contributed by atoms with Gasteiger partial charge in [0, 0.05) is 32.0 Å². The van der Waals surface area contributed by atoms with Gasteiger partial charge in [0.1, 0.15) is 6.04 Å². The maximum absolute atomic E-state index is 13.1. The highest BCUT2D eigenvalue weighted by molar-refractivity contribution is 5.89. The second kappa shape index (κ2) is 9.71. The molecule has 0 radical (unpaired) electrons. The molecule has 2 heterocycles. The van der Waals surface area contributed by atoms with E-state index in [1.165, 1.54) is 0 Å². The number of piperidine rings is 1. The van der Waals surface area contributed by atoms with E-state index in [0.29, 0.717) is 38.1 Å². The SMILES string of the molecule is CC(C)CC(CNC(=O)C1CCCC(=O)N1)C(=O)N1CCCC1CC(N)=O. The third kappa shape index (κ3) is 6.22. The van der Waals surface area contributed by atoms with Crippen LogP contribution in [0.3, 0.4) is 0 Å². The summed E-state index contributed by atoms with van der Waals surface area (Å²) in [5.41, 5.74) is 5.32. The van der Waals surface area contributed by atoms with Gasteiger partial charge in [-0.15, -0.1) is 0 Å². The Kier molecular flexibility index (Phi) is 7.62. The van der Waals surface area contributed by atoms with E-state index in [1.807, 2.05) is 13.8 Å². The van der Waals surface area contributed by atoms with Crippen LogP contribution in [-0.2, 0) is 19.2 Å². The van der Waals surface area contributed by atoms with Gasteiger partial charge in [-0.25, -0.2) is 0 Å². The summed E-state index contributed by atoms with van der Waals surface area (Å²) < 4.78 is 0. The van der Waals surface area contributed by atoms with E-state index in [4.69, 9.17) is 5.73 Å². The molecular weight excluding hydrogens is 348 g/mol. The summed E-state index contributed by atoms with van der Waals surface area (Å²) in [5, 5.41) is 5.54. The molecule has 8 heteroatoms. The topological polar surface area (TPSA) is 122 Å². The number of nitrogens with one attached hydrogen (secondary N) is 2. The molecule has 0 aromatic heterocycles. The average Bonchev–Trinajstić information content (AvgIpc) is 3.04. The second-order valence-corrected chi connectivity index (χ2v) is 8.08. The zero-order chi connectivity index (χ0) is 20.0. The van der Waals surface area contributed by atoms with Crippen LogP contribution in [0.15, 0.2) is 0 Å². The Morgan fingerprint density at radius 2 is 2.00 bits per heavy atom. The van der Waals surface area contributed by atoms with Crippen LogP contribution in [0.5, 0.6) is 0 Å². The molecule has 0 aromatic carbocycles. The first kappa shape index (κ1) is 21.2. The number of likely N-dealkylation sites (tertiary alicyclic amines) is 1. The van der Waals surface area contributed by atoms with Crippen molar-refractivity contribution in [3.8, 4) is 0 Å². The van der Waals surface area contributed by atoms with Gasteiger partial charge in [-0.2, -0.15) is 0 Å². The summed E-state index contributed by atoms with van der Waals surface area (Å²) in [5.74, 6) is -0.826. The highest BCUT2D eigenvalue weighted by Gasteiger charge is 2.34. The number of nitrogens with two attached hydrogens (primary N) is 1. The zero-order valence-electron chi connectivity index (χ0n) is 16.3. The van der Waals surface area contributed by atoms with Crippen molar-refractivity contribution in [2.45, 2.75) is 70.9 Å². The molecule has 0 spiro atoms. The van der Waals surface area contributed by atoms with E-state index in [-0.39, 0.29) is 42.6 Å². The largest absolute Gasteiger partial charge is 0.370 e. The van der Waals surface area contributed by atoms with Gasteiger partial charge in [0.2, 0.25) is 23.6 Å². The fourth-order valence-corrected chi connectivity index (χ4v) is 3.99. The van der Waals surface area contributed by atoms with E-state index in [0.717, 1.165) is 12.8 Å². The first-order valence-electron chi connectivity index (χ1n) is 9.93. The van der Waals surface area contributed by atoms with Crippen molar-refractivity contribution < 1.29 is 19.2 Å². The van der Waals surface area contributed by atoms with Crippen LogP contribution in [-0.4, -0.2) is 53.7 Å². The van der Waals surface area contributed by atoms with Gasteiger partial charge in [0.15, 0.2) is 0 Å². The number of carbonyl (C=O) groups excluding carboxylic acids is 4. The van der Waals surface area contributed by atoms with Gasteiger partial charge >= 0.3 is 0 Å². The Balaban J connectivity index is 1.97. The number of hydrogen-bond acceptors (Lipinski definition) is 4. The normalized spacial score (nSPS) is 23.8. The summed E-state index contributed by atoms with van der Waals surface area (Å²) in [6, 6.07) is -0.659. The number of primary amides is 1. The minimum atomic E-state index is -0.518. The van der Waals surface area contributed by atoms with Crippen LogP contribution in [0.2, 0.25) is 0 Å². The fourth-order valence-electron chi connectivity index (χ4n) is 3.99. The smallest absolute Gasteiger partial charge is 0.242 e. The van der Waals surface area contributed by atoms with Gasteiger partial charge in [0.25, 0.3) is 0 Å². The van der Waals surface area contributed by atoms with E-state index in [1.54, 1.807) is 4.90 Å². The Labute approximate surface area is 160 Å². The minimum Gasteiger partial charge on any atom is -0.370 e. The fraction of sp³-hybridized carbons (Fsp3) is 0.789. The average molecular weight is 380 g/mol. The molecular formula is C19H32N4O4. The molecule has 4 amide bonds. The molecule has 2 fully saturated rings. The Morgan fingerprint density at radius 3 is 2.63 bits per heavy atom. The van der Waals surface area contributed by atoms with Crippen molar-refractivity contribution in [1.82, 2.24) is 15.5 Å². The van der Waals surface area contributed by atoms with Crippen LogP contribution in [0.1, 0.15) is 58.8 Å². The number of nitrogens with zero attached hydrogens (tertiary/aromatic N) is 1. The maximum atomic E-state index is 13.1. The molecule has 8 nitrogen and oxygen atoms in total. The molecule has 3 atom stereocenters. The maximum Gasteiger partial charge on any atom is 0.242 e. The summed E-state index contributed by atoms with van der Waals surface area (Å²) in [6.07, 6.45) is 4.24. The quantitative estimate of drug-likeness (QED) is 0.560. The lowest BCUT2D eigenvalue weighted by Crippen LogP contribution is -2.51. The highest BCUT2D eigenvalue weighted by atomic mass is 16.2. The van der Waals surface area contributed by atoms with Crippen molar-refractivity contribution in [3.63, 3.8) is 0 Å². The standard InChI is InChI=1S/C19H32N4O4/c1-12(2)9-13(11-21-18(26)15-6-3-7-17(25)22-15)19(27)23-8-4-5-14(23)10-16(20)24/h12-15H,3-11H2,1-2H3,(H2,20,24)(H,21,26)(H,22,25). The molecule has 2 saturated heterocycles. The first-order valence-corrected chi connectivity index (χ1v) is 9.93. The minimum absolute atomic E-state index is 0.0274. The Morgan fingerprint density at radius 1 is 1.26 bits per heavy atom. The van der Waals surface area contributed by atoms with Crippen LogP contribution < -0.4 is 16.4 Å². The molecule has 2 rings (SSSR count). The number of carbonyl (C=O) groups is 4. The van der Waals surface area contributed by atoms with Crippen molar-refractivity contribution in [2.24, 2.45) is 17.6 Å². The van der Waals surface area contributed by atoms with Gasteiger partial charge in [-0.05, 0) is 38.0 Å². The number of amides is 4. The van der Waals surface area contributed by atoms with Crippen LogP contribution >= 0.6 is 0 Å². The highest BCUT2D eigenvalue weighted by Crippen LogP contribution is 2.24. The molecule has 4 N–H and O–H groups in total. The molecule has 0 aromatic rings. The summed E-state index contributed by atoms with van der Waals surface area (Å²) in [6.45, 7) is 4.93. The zero-order valence-corrected chi connectivity index (χ0v) is 16.3. The molecule has 27 heavy (non-hydrogen) atoms. The third-order valence-electron chi connectivity index (χ3n) is 5.27. The Hall–Kier alpha value is -2.12.